The van der Waals surface area contributed by atoms with Gasteiger partial charge in [0.25, 0.3) is 0 Å². The molecule has 1 N–H and O–H groups in total. The van der Waals surface area contributed by atoms with Crippen LogP contribution in [0.4, 0.5) is 5.69 Å². The van der Waals surface area contributed by atoms with Crippen molar-refractivity contribution in [2.24, 2.45) is 5.92 Å². The van der Waals surface area contributed by atoms with Crippen molar-refractivity contribution in [1.82, 2.24) is 9.80 Å². The number of benzene rings is 1. The van der Waals surface area contributed by atoms with Gasteiger partial charge in [-0.15, -0.1) is 0 Å². The molecule has 4 heteroatoms. The van der Waals surface area contributed by atoms with Crippen LogP contribution in [0.15, 0.2) is 18.2 Å². The van der Waals surface area contributed by atoms with Gasteiger partial charge in [-0.3, -0.25) is 4.79 Å². The van der Waals surface area contributed by atoms with Crippen molar-refractivity contribution >= 4 is 11.6 Å². The standard InChI is InChI=1S/C20H33N3O/c1-15-7-8-18(16(2)13-15)21-19(24)10-11-22(5)14-17-9-12-23(6)20(17,3)4/h7-8,13,17H,9-12,14H2,1-6H3,(H,21,24). The highest BCUT2D eigenvalue weighted by Crippen LogP contribution is 2.33. The zero-order chi connectivity index (χ0) is 17.9. The third kappa shape index (κ3) is 4.58. The smallest absolute Gasteiger partial charge is 0.225 e. The molecule has 4 nitrogen and oxygen atoms in total. The van der Waals surface area contributed by atoms with Gasteiger partial charge in [-0.05, 0) is 72.3 Å². The van der Waals surface area contributed by atoms with Gasteiger partial charge in [-0.25, -0.2) is 0 Å². The third-order valence-electron chi connectivity index (χ3n) is 5.70. The molecule has 0 aliphatic carbocycles. The Labute approximate surface area is 147 Å². The Kier molecular flexibility index (Phi) is 6.05. The summed E-state index contributed by atoms with van der Waals surface area (Å²) < 4.78 is 0. The highest BCUT2D eigenvalue weighted by Gasteiger charge is 2.39. The molecule has 134 valence electrons. The maximum Gasteiger partial charge on any atom is 0.225 e. The number of hydrogen-bond donors (Lipinski definition) is 1. The van der Waals surface area contributed by atoms with Gasteiger partial charge in [0.1, 0.15) is 0 Å². The quantitative estimate of drug-likeness (QED) is 0.869. The number of amides is 1. The fourth-order valence-corrected chi connectivity index (χ4v) is 3.54. The Balaban J connectivity index is 1.79. The number of rotatable bonds is 6. The molecule has 0 radical (unpaired) electrons. The molecule has 1 aromatic carbocycles. The minimum atomic E-state index is 0.0941. The maximum absolute atomic E-state index is 12.2. The van der Waals surface area contributed by atoms with E-state index in [9.17, 15) is 4.79 Å². The molecule has 1 atom stereocenters. The van der Waals surface area contributed by atoms with E-state index >= 15 is 0 Å². The summed E-state index contributed by atoms with van der Waals surface area (Å²) in [4.78, 5) is 17.0. The molecule has 1 amide bonds. The largest absolute Gasteiger partial charge is 0.326 e. The summed E-state index contributed by atoms with van der Waals surface area (Å²) in [5.41, 5.74) is 3.50. The van der Waals surface area contributed by atoms with Crippen molar-refractivity contribution in [1.29, 1.82) is 0 Å². The Morgan fingerprint density at radius 1 is 1.38 bits per heavy atom. The van der Waals surface area contributed by atoms with Gasteiger partial charge in [0.15, 0.2) is 0 Å². The van der Waals surface area contributed by atoms with Gasteiger partial charge >= 0.3 is 0 Å². The molecule has 0 saturated carbocycles. The van der Waals surface area contributed by atoms with E-state index in [0.29, 0.717) is 12.3 Å². The van der Waals surface area contributed by atoms with Gasteiger partial charge in [0.05, 0.1) is 0 Å². The molecule has 1 unspecified atom stereocenters. The second-order valence-electron chi connectivity index (χ2n) is 7.94. The Morgan fingerprint density at radius 2 is 2.08 bits per heavy atom. The summed E-state index contributed by atoms with van der Waals surface area (Å²) in [6.45, 7) is 11.8. The highest BCUT2D eigenvalue weighted by atomic mass is 16.1. The topological polar surface area (TPSA) is 35.6 Å². The summed E-state index contributed by atoms with van der Waals surface area (Å²) in [6, 6.07) is 6.12. The molecule has 1 heterocycles. The lowest BCUT2D eigenvalue weighted by Gasteiger charge is -2.35. The molecule has 1 aliphatic heterocycles. The molecule has 0 bridgehead atoms. The first-order chi connectivity index (χ1) is 11.2. The number of carbonyl (C=O) groups excluding carboxylic acids is 1. The number of aryl methyl sites for hydroxylation is 2. The second kappa shape index (κ2) is 7.66. The van der Waals surface area contributed by atoms with E-state index < -0.39 is 0 Å². The fraction of sp³-hybridized carbons (Fsp3) is 0.650. The molecule has 2 rings (SSSR count). The lowest BCUT2D eigenvalue weighted by atomic mass is 9.88. The van der Waals surface area contributed by atoms with E-state index in [1.165, 1.54) is 18.5 Å². The molecule has 1 aliphatic rings. The molecule has 1 fully saturated rings. The summed E-state index contributed by atoms with van der Waals surface area (Å²) in [7, 11) is 4.33. The summed E-state index contributed by atoms with van der Waals surface area (Å²) >= 11 is 0. The Hall–Kier alpha value is -1.39. The van der Waals surface area contributed by atoms with Crippen molar-refractivity contribution in [3.63, 3.8) is 0 Å². The monoisotopic (exact) mass is 331 g/mol. The average molecular weight is 332 g/mol. The number of nitrogens with zero attached hydrogens (tertiary/aromatic N) is 2. The first-order valence-corrected chi connectivity index (χ1v) is 8.97. The van der Waals surface area contributed by atoms with Crippen LogP contribution in [0.2, 0.25) is 0 Å². The molecule has 24 heavy (non-hydrogen) atoms. The van der Waals surface area contributed by atoms with Crippen LogP contribution >= 0.6 is 0 Å². The van der Waals surface area contributed by atoms with Gasteiger partial charge in [0, 0.05) is 30.7 Å². The molecule has 1 aromatic rings. The van der Waals surface area contributed by atoms with Crippen molar-refractivity contribution in [3.05, 3.63) is 29.3 Å². The minimum absolute atomic E-state index is 0.0941. The van der Waals surface area contributed by atoms with Crippen molar-refractivity contribution in [3.8, 4) is 0 Å². The first kappa shape index (κ1) is 18.9. The Morgan fingerprint density at radius 3 is 2.67 bits per heavy atom. The normalized spacial score (nSPS) is 20.5. The van der Waals surface area contributed by atoms with E-state index in [0.717, 1.165) is 24.3 Å². The first-order valence-electron chi connectivity index (χ1n) is 8.97. The van der Waals surface area contributed by atoms with Crippen molar-refractivity contribution in [2.45, 2.75) is 46.1 Å². The highest BCUT2D eigenvalue weighted by molar-refractivity contribution is 5.91. The maximum atomic E-state index is 12.2. The molecule has 0 aromatic heterocycles. The number of nitrogens with one attached hydrogen (secondary N) is 1. The predicted molar refractivity (Wildman–Crippen MR) is 101 cm³/mol. The third-order valence-corrected chi connectivity index (χ3v) is 5.70. The summed E-state index contributed by atoms with van der Waals surface area (Å²) in [5, 5.41) is 3.04. The van der Waals surface area contributed by atoms with Crippen LogP contribution < -0.4 is 5.32 Å². The lowest BCUT2D eigenvalue weighted by molar-refractivity contribution is -0.116. The van der Waals surface area contributed by atoms with Gasteiger partial charge in [0.2, 0.25) is 5.91 Å². The van der Waals surface area contributed by atoms with Crippen molar-refractivity contribution < 1.29 is 4.79 Å². The lowest BCUT2D eigenvalue weighted by Crippen LogP contribution is -2.44. The Bertz CT molecular complexity index is 582. The summed E-state index contributed by atoms with van der Waals surface area (Å²) in [6.07, 6.45) is 1.77. The molecular weight excluding hydrogens is 298 g/mol. The van der Waals surface area contributed by atoms with E-state index in [2.05, 4.69) is 56.0 Å². The molecule has 1 saturated heterocycles. The van der Waals surface area contributed by atoms with Crippen LogP contribution in [0, 0.1) is 19.8 Å². The van der Waals surface area contributed by atoms with E-state index in [4.69, 9.17) is 0 Å². The number of likely N-dealkylation sites (tertiary alicyclic amines) is 1. The fourth-order valence-electron chi connectivity index (χ4n) is 3.54. The van der Waals surface area contributed by atoms with Crippen molar-refractivity contribution in [2.75, 3.05) is 39.0 Å². The van der Waals surface area contributed by atoms with Gasteiger partial charge in [-0.2, -0.15) is 0 Å². The van der Waals surface area contributed by atoms with Crippen LogP contribution in [0.1, 0.15) is 37.8 Å². The number of hydrogen-bond acceptors (Lipinski definition) is 3. The van der Waals surface area contributed by atoms with Crippen LogP contribution in [-0.4, -0.2) is 55.0 Å². The van der Waals surface area contributed by atoms with E-state index in [1.807, 2.05) is 19.1 Å². The zero-order valence-corrected chi connectivity index (χ0v) is 16.1. The number of anilines is 1. The predicted octanol–water partition coefficient (Wildman–Crippen LogP) is 3.29. The average Bonchev–Trinajstić information content (AvgIpc) is 2.75. The number of carbonyl (C=O) groups is 1. The van der Waals surface area contributed by atoms with Gasteiger partial charge in [-0.1, -0.05) is 17.7 Å². The van der Waals surface area contributed by atoms with Crippen LogP contribution in [0.3, 0.4) is 0 Å². The van der Waals surface area contributed by atoms with Crippen LogP contribution in [0.5, 0.6) is 0 Å². The van der Waals surface area contributed by atoms with Crippen LogP contribution in [-0.2, 0) is 4.79 Å². The summed E-state index contributed by atoms with van der Waals surface area (Å²) in [5.74, 6) is 0.756. The van der Waals surface area contributed by atoms with Crippen LogP contribution in [0.25, 0.3) is 0 Å². The molecular formula is C20H33N3O. The SMILES string of the molecule is Cc1ccc(NC(=O)CCN(C)CC2CCN(C)C2(C)C)c(C)c1. The molecule has 0 spiro atoms. The van der Waals surface area contributed by atoms with E-state index in [1.54, 1.807) is 0 Å². The van der Waals surface area contributed by atoms with Gasteiger partial charge < -0.3 is 15.1 Å². The zero-order valence-electron chi connectivity index (χ0n) is 16.1. The van der Waals surface area contributed by atoms with E-state index in [-0.39, 0.29) is 11.4 Å². The second-order valence-corrected chi connectivity index (χ2v) is 7.94. The minimum Gasteiger partial charge on any atom is -0.326 e.